The Bertz CT molecular complexity index is 749. The van der Waals surface area contributed by atoms with Crippen LogP contribution in [0.1, 0.15) is 5.56 Å². The number of methoxy groups -OCH3 is 2. The molecule has 0 aliphatic heterocycles. The van der Waals surface area contributed by atoms with Crippen molar-refractivity contribution in [3.63, 3.8) is 0 Å². The topological polar surface area (TPSA) is 46.3 Å². The fourth-order valence-corrected chi connectivity index (χ4v) is 2.36. The molecule has 0 bridgehead atoms. The van der Waals surface area contributed by atoms with E-state index in [4.69, 9.17) is 9.47 Å². The van der Waals surface area contributed by atoms with Gasteiger partial charge in [0.2, 0.25) is 0 Å². The lowest BCUT2D eigenvalue weighted by Crippen LogP contribution is -2.00. The van der Waals surface area contributed by atoms with Gasteiger partial charge in [0.15, 0.2) is 11.5 Å². The van der Waals surface area contributed by atoms with Gasteiger partial charge in [-0.05, 0) is 42.0 Å². The summed E-state index contributed by atoms with van der Waals surface area (Å²) >= 11 is 0. The Morgan fingerprint density at radius 2 is 1.81 bits per heavy atom. The van der Waals surface area contributed by atoms with Gasteiger partial charge in [-0.1, -0.05) is 6.07 Å². The van der Waals surface area contributed by atoms with Crippen LogP contribution in [0.2, 0.25) is 0 Å². The first-order valence-corrected chi connectivity index (χ1v) is 6.82. The van der Waals surface area contributed by atoms with Crippen LogP contribution in [-0.2, 0) is 6.54 Å². The number of ether oxygens (including phenoxy) is 2. The molecule has 0 aliphatic rings. The first-order valence-electron chi connectivity index (χ1n) is 6.82. The van der Waals surface area contributed by atoms with E-state index < -0.39 is 0 Å². The molecule has 4 heteroatoms. The second-order valence-corrected chi connectivity index (χ2v) is 4.82. The van der Waals surface area contributed by atoms with Gasteiger partial charge < -0.3 is 19.8 Å². The summed E-state index contributed by atoms with van der Waals surface area (Å²) in [6, 6.07) is 14.3. The van der Waals surface area contributed by atoms with E-state index in [0.29, 0.717) is 0 Å². The number of aromatic nitrogens is 1. The molecule has 0 unspecified atom stereocenters. The number of H-pyrrole nitrogens is 1. The summed E-state index contributed by atoms with van der Waals surface area (Å²) in [7, 11) is 3.29. The maximum Gasteiger partial charge on any atom is 0.161 e. The second-order valence-electron chi connectivity index (χ2n) is 4.82. The van der Waals surface area contributed by atoms with Crippen LogP contribution in [0.5, 0.6) is 11.5 Å². The lowest BCUT2D eigenvalue weighted by molar-refractivity contribution is 0.354. The van der Waals surface area contributed by atoms with Crippen molar-refractivity contribution in [3.8, 4) is 11.5 Å². The smallest absolute Gasteiger partial charge is 0.161 e. The third-order valence-electron chi connectivity index (χ3n) is 3.50. The van der Waals surface area contributed by atoms with Gasteiger partial charge in [0.05, 0.1) is 14.2 Å². The number of fused-ring (bicyclic) bond motifs is 1. The standard InChI is InChI=1S/C17H18N2O2/c1-20-16-6-3-12(9-17(16)21-2)11-19-14-4-5-15-13(10-14)7-8-18-15/h3-10,18-19H,11H2,1-2H3. The summed E-state index contributed by atoms with van der Waals surface area (Å²) in [6.07, 6.45) is 1.95. The van der Waals surface area contributed by atoms with Gasteiger partial charge in [-0.25, -0.2) is 0 Å². The quantitative estimate of drug-likeness (QED) is 0.748. The zero-order chi connectivity index (χ0) is 14.7. The lowest BCUT2D eigenvalue weighted by atomic mass is 10.2. The summed E-state index contributed by atoms with van der Waals surface area (Å²) in [4.78, 5) is 3.19. The molecule has 0 fully saturated rings. The first kappa shape index (κ1) is 13.4. The molecule has 108 valence electrons. The van der Waals surface area contributed by atoms with Crippen molar-refractivity contribution >= 4 is 16.6 Å². The molecule has 0 amide bonds. The zero-order valence-corrected chi connectivity index (χ0v) is 12.1. The van der Waals surface area contributed by atoms with E-state index >= 15 is 0 Å². The molecule has 2 N–H and O–H groups in total. The summed E-state index contributed by atoms with van der Waals surface area (Å²) in [5.74, 6) is 1.49. The fraction of sp³-hybridized carbons (Fsp3) is 0.176. The highest BCUT2D eigenvalue weighted by molar-refractivity contribution is 5.82. The van der Waals surface area contributed by atoms with Crippen LogP contribution >= 0.6 is 0 Å². The Balaban J connectivity index is 1.74. The lowest BCUT2D eigenvalue weighted by Gasteiger charge is -2.11. The fourth-order valence-electron chi connectivity index (χ4n) is 2.36. The van der Waals surface area contributed by atoms with Crippen LogP contribution in [0.25, 0.3) is 10.9 Å². The Morgan fingerprint density at radius 3 is 2.62 bits per heavy atom. The minimum Gasteiger partial charge on any atom is -0.493 e. The van der Waals surface area contributed by atoms with Crippen molar-refractivity contribution in [2.45, 2.75) is 6.54 Å². The van der Waals surface area contributed by atoms with Crippen molar-refractivity contribution in [2.24, 2.45) is 0 Å². The van der Waals surface area contributed by atoms with Gasteiger partial charge >= 0.3 is 0 Å². The normalized spacial score (nSPS) is 10.6. The van der Waals surface area contributed by atoms with Gasteiger partial charge in [0.1, 0.15) is 0 Å². The van der Waals surface area contributed by atoms with Crippen LogP contribution < -0.4 is 14.8 Å². The van der Waals surface area contributed by atoms with Crippen LogP contribution in [0, 0.1) is 0 Å². The molecule has 0 saturated carbocycles. The highest BCUT2D eigenvalue weighted by atomic mass is 16.5. The van der Waals surface area contributed by atoms with Crippen LogP contribution in [0.4, 0.5) is 5.69 Å². The van der Waals surface area contributed by atoms with Gasteiger partial charge in [-0.2, -0.15) is 0 Å². The predicted octanol–water partition coefficient (Wildman–Crippen LogP) is 3.80. The Labute approximate surface area is 123 Å². The third kappa shape index (κ3) is 2.79. The minimum atomic E-state index is 0.732. The van der Waals surface area contributed by atoms with Gasteiger partial charge in [-0.3, -0.25) is 0 Å². The van der Waals surface area contributed by atoms with Gasteiger partial charge in [0.25, 0.3) is 0 Å². The summed E-state index contributed by atoms with van der Waals surface area (Å²) < 4.78 is 10.6. The Morgan fingerprint density at radius 1 is 0.952 bits per heavy atom. The molecular weight excluding hydrogens is 264 g/mol. The largest absolute Gasteiger partial charge is 0.493 e. The van der Waals surface area contributed by atoms with Crippen LogP contribution in [0.3, 0.4) is 0 Å². The number of aromatic amines is 1. The third-order valence-corrected chi connectivity index (χ3v) is 3.50. The van der Waals surface area contributed by atoms with E-state index in [2.05, 4.69) is 34.6 Å². The van der Waals surface area contributed by atoms with Crippen LogP contribution in [-0.4, -0.2) is 19.2 Å². The highest BCUT2D eigenvalue weighted by Crippen LogP contribution is 2.28. The number of hydrogen-bond donors (Lipinski definition) is 2. The Hall–Kier alpha value is -2.62. The van der Waals surface area contributed by atoms with E-state index in [-0.39, 0.29) is 0 Å². The van der Waals surface area contributed by atoms with E-state index in [1.165, 1.54) is 5.39 Å². The molecule has 0 aliphatic carbocycles. The molecule has 0 atom stereocenters. The molecule has 0 radical (unpaired) electrons. The number of hydrogen-bond acceptors (Lipinski definition) is 3. The summed E-state index contributed by atoms with van der Waals surface area (Å²) in [5, 5.41) is 4.62. The summed E-state index contributed by atoms with van der Waals surface area (Å²) in [5.41, 5.74) is 3.38. The molecule has 0 spiro atoms. The SMILES string of the molecule is COc1ccc(CNc2ccc3[nH]ccc3c2)cc1OC. The molecule has 3 aromatic rings. The van der Waals surface area contributed by atoms with Crippen molar-refractivity contribution < 1.29 is 9.47 Å². The van der Waals surface area contributed by atoms with Crippen LogP contribution in [0.15, 0.2) is 48.7 Å². The molecule has 21 heavy (non-hydrogen) atoms. The second kappa shape index (κ2) is 5.79. The number of rotatable bonds is 5. The van der Waals surface area contributed by atoms with Crippen molar-refractivity contribution in [3.05, 3.63) is 54.2 Å². The number of anilines is 1. The Kier molecular flexibility index (Phi) is 3.69. The highest BCUT2D eigenvalue weighted by Gasteiger charge is 2.04. The minimum absolute atomic E-state index is 0.732. The van der Waals surface area contributed by atoms with E-state index in [1.807, 2.05) is 24.4 Å². The van der Waals surface area contributed by atoms with Gasteiger partial charge in [0, 0.05) is 29.3 Å². The van der Waals surface area contributed by atoms with Gasteiger partial charge in [-0.15, -0.1) is 0 Å². The van der Waals surface area contributed by atoms with E-state index in [1.54, 1.807) is 14.2 Å². The molecule has 3 rings (SSSR count). The maximum absolute atomic E-state index is 5.32. The van der Waals surface area contributed by atoms with E-state index in [9.17, 15) is 0 Å². The number of benzene rings is 2. The summed E-state index contributed by atoms with van der Waals surface area (Å²) in [6.45, 7) is 0.732. The van der Waals surface area contributed by atoms with Crippen molar-refractivity contribution in [1.29, 1.82) is 0 Å². The average Bonchev–Trinajstić information content (AvgIpc) is 3.00. The zero-order valence-electron chi connectivity index (χ0n) is 12.1. The molecule has 1 heterocycles. The van der Waals surface area contributed by atoms with E-state index in [0.717, 1.165) is 34.8 Å². The monoisotopic (exact) mass is 282 g/mol. The average molecular weight is 282 g/mol. The van der Waals surface area contributed by atoms with Crippen molar-refractivity contribution in [2.75, 3.05) is 19.5 Å². The maximum atomic E-state index is 5.32. The molecule has 0 saturated heterocycles. The van der Waals surface area contributed by atoms with Crippen molar-refractivity contribution in [1.82, 2.24) is 4.98 Å². The molecule has 2 aromatic carbocycles. The molecular formula is C17H18N2O2. The number of nitrogens with one attached hydrogen (secondary N) is 2. The molecule has 1 aromatic heterocycles. The predicted molar refractivity (Wildman–Crippen MR) is 85.2 cm³/mol. The first-order chi connectivity index (χ1) is 10.3. The molecule has 4 nitrogen and oxygen atoms in total.